The van der Waals surface area contributed by atoms with Crippen molar-refractivity contribution < 1.29 is 22.7 Å². The molecule has 0 saturated heterocycles. The lowest BCUT2D eigenvalue weighted by atomic mass is 9.66. The first-order chi connectivity index (χ1) is 8.60. The van der Waals surface area contributed by atoms with Crippen molar-refractivity contribution >= 4 is 33.5 Å². The molecule has 3 atom stereocenters. The maximum Gasteiger partial charge on any atom is 0.490 e. The zero-order valence-corrected chi connectivity index (χ0v) is 13.2. The number of alkyl halides is 5. The molecule has 0 aliphatic heterocycles. The van der Waals surface area contributed by atoms with E-state index in [0.717, 1.165) is 6.42 Å². The Morgan fingerprint density at radius 1 is 1.47 bits per heavy atom. The SMILES string of the molecule is CC1(COC(=O)C(F)(F)F)CCC(CCl)C1(C)CBr. The minimum absolute atomic E-state index is 0.197. The molecular formula is C12H17BrClF3O2. The maximum absolute atomic E-state index is 12.2. The summed E-state index contributed by atoms with van der Waals surface area (Å²) in [6.07, 6.45) is -3.42. The fraction of sp³-hybridized carbons (Fsp3) is 0.917. The van der Waals surface area contributed by atoms with Crippen LogP contribution in [0.2, 0.25) is 0 Å². The summed E-state index contributed by atoms with van der Waals surface area (Å²) in [5.41, 5.74) is -0.794. The van der Waals surface area contributed by atoms with E-state index in [1.54, 1.807) is 0 Å². The number of ether oxygens (including phenoxy) is 1. The Balaban J connectivity index is 2.79. The number of esters is 1. The first-order valence-electron chi connectivity index (χ1n) is 5.96. The Hall–Kier alpha value is 0.0300. The third-order valence-corrected chi connectivity index (χ3v) is 6.08. The van der Waals surface area contributed by atoms with Crippen molar-refractivity contribution in [3.63, 3.8) is 0 Å². The molecule has 1 saturated carbocycles. The summed E-state index contributed by atoms with van der Waals surface area (Å²) in [4.78, 5) is 10.8. The fourth-order valence-corrected chi connectivity index (χ4v) is 4.28. The van der Waals surface area contributed by atoms with Crippen molar-refractivity contribution in [3.8, 4) is 0 Å². The molecule has 0 N–H and O–H groups in total. The van der Waals surface area contributed by atoms with Gasteiger partial charge in [-0.25, -0.2) is 4.79 Å². The van der Waals surface area contributed by atoms with Crippen molar-refractivity contribution in [1.29, 1.82) is 0 Å². The first kappa shape index (κ1) is 17.1. The predicted molar refractivity (Wildman–Crippen MR) is 70.5 cm³/mol. The van der Waals surface area contributed by atoms with Crippen LogP contribution in [0.1, 0.15) is 26.7 Å². The van der Waals surface area contributed by atoms with E-state index >= 15 is 0 Å². The first-order valence-corrected chi connectivity index (χ1v) is 7.62. The van der Waals surface area contributed by atoms with Gasteiger partial charge < -0.3 is 4.74 Å². The van der Waals surface area contributed by atoms with Crippen LogP contribution in [0.25, 0.3) is 0 Å². The lowest BCUT2D eigenvalue weighted by Crippen LogP contribution is -2.43. The zero-order valence-electron chi connectivity index (χ0n) is 10.8. The van der Waals surface area contributed by atoms with Gasteiger partial charge in [0.15, 0.2) is 0 Å². The highest BCUT2D eigenvalue weighted by molar-refractivity contribution is 9.09. The summed E-state index contributed by atoms with van der Waals surface area (Å²) in [5, 5.41) is 0.609. The average Bonchev–Trinajstić information content (AvgIpc) is 2.59. The second kappa shape index (κ2) is 5.80. The van der Waals surface area contributed by atoms with Crippen molar-refractivity contribution in [2.24, 2.45) is 16.7 Å². The van der Waals surface area contributed by atoms with Crippen molar-refractivity contribution in [1.82, 2.24) is 0 Å². The molecule has 1 fully saturated rings. The van der Waals surface area contributed by atoms with Crippen LogP contribution in [0.5, 0.6) is 0 Å². The van der Waals surface area contributed by atoms with Crippen LogP contribution >= 0.6 is 27.5 Å². The van der Waals surface area contributed by atoms with Gasteiger partial charge in [-0.1, -0.05) is 29.8 Å². The third-order valence-electron chi connectivity index (χ3n) is 4.54. The highest BCUT2D eigenvalue weighted by Gasteiger charge is 2.54. The van der Waals surface area contributed by atoms with E-state index in [1.807, 2.05) is 13.8 Å². The molecule has 0 radical (unpaired) electrons. The molecule has 0 bridgehead atoms. The van der Waals surface area contributed by atoms with Crippen molar-refractivity contribution in [3.05, 3.63) is 0 Å². The van der Waals surface area contributed by atoms with Gasteiger partial charge in [0.2, 0.25) is 0 Å². The summed E-state index contributed by atoms with van der Waals surface area (Å²) in [6.45, 7) is 3.59. The molecule has 0 aromatic heterocycles. The van der Waals surface area contributed by atoms with Gasteiger partial charge in [-0.2, -0.15) is 13.2 Å². The Morgan fingerprint density at radius 3 is 2.47 bits per heavy atom. The number of carbonyl (C=O) groups is 1. The molecule has 112 valence electrons. The second-order valence-corrected chi connectivity index (χ2v) is 6.44. The van der Waals surface area contributed by atoms with Gasteiger partial charge in [0.1, 0.15) is 0 Å². The second-order valence-electron chi connectivity index (χ2n) is 5.58. The van der Waals surface area contributed by atoms with Crippen LogP contribution in [0.15, 0.2) is 0 Å². The number of hydrogen-bond donors (Lipinski definition) is 0. The molecule has 1 aliphatic rings. The highest BCUT2D eigenvalue weighted by Crippen LogP contribution is 2.57. The lowest BCUT2D eigenvalue weighted by Gasteiger charge is -2.42. The number of halogens is 5. The smallest absolute Gasteiger partial charge is 0.458 e. The van der Waals surface area contributed by atoms with Gasteiger partial charge >= 0.3 is 12.1 Å². The summed E-state index contributed by atoms with van der Waals surface area (Å²) in [7, 11) is 0. The largest absolute Gasteiger partial charge is 0.490 e. The predicted octanol–water partition coefficient (Wildman–Crippen LogP) is 4.15. The van der Waals surface area contributed by atoms with Gasteiger partial charge in [0, 0.05) is 16.6 Å². The quantitative estimate of drug-likeness (QED) is 0.553. The summed E-state index contributed by atoms with van der Waals surface area (Å²) in [5.74, 6) is -1.48. The van der Waals surface area contributed by atoms with Gasteiger partial charge in [0.25, 0.3) is 0 Å². The van der Waals surface area contributed by atoms with E-state index in [1.165, 1.54) is 0 Å². The molecule has 0 aromatic rings. The van der Waals surface area contributed by atoms with Crippen LogP contribution in [-0.2, 0) is 9.53 Å². The normalized spacial score (nSPS) is 35.4. The van der Waals surface area contributed by atoms with Gasteiger partial charge in [-0.3, -0.25) is 0 Å². The van der Waals surface area contributed by atoms with Crippen molar-refractivity contribution in [2.45, 2.75) is 32.9 Å². The number of rotatable bonds is 4. The molecule has 7 heteroatoms. The number of hydrogen-bond acceptors (Lipinski definition) is 2. The Kier molecular flexibility index (Phi) is 5.21. The lowest BCUT2D eigenvalue weighted by molar-refractivity contribution is -0.204. The number of carbonyl (C=O) groups excluding carboxylic acids is 1. The van der Waals surface area contributed by atoms with Crippen molar-refractivity contribution in [2.75, 3.05) is 17.8 Å². The Morgan fingerprint density at radius 2 is 2.05 bits per heavy atom. The molecule has 0 heterocycles. The van der Waals surface area contributed by atoms with Crippen LogP contribution in [-0.4, -0.2) is 30.0 Å². The highest BCUT2D eigenvalue weighted by atomic mass is 79.9. The molecule has 1 rings (SSSR count). The van der Waals surface area contributed by atoms with Crippen LogP contribution < -0.4 is 0 Å². The van der Waals surface area contributed by atoms with Crippen LogP contribution in [0, 0.1) is 16.7 Å². The molecule has 0 amide bonds. The monoisotopic (exact) mass is 364 g/mol. The topological polar surface area (TPSA) is 26.3 Å². The Bertz CT molecular complexity index is 350. The van der Waals surface area contributed by atoms with Gasteiger partial charge in [0.05, 0.1) is 6.61 Å². The minimum atomic E-state index is -4.94. The molecule has 19 heavy (non-hydrogen) atoms. The molecule has 0 aromatic carbocycles. The molecular weight excluding hydrogens is 348 g/mol. The molecule has 0 spiro atoms. The van der Waals surface area contributed by atoms with E-state index in [4.69, 9.17) is 11.6 Å². The van der Waals surface area contributed by atoms with Gasteiger partial charge in [-0.15, -0.1) is 11.6 Å². The fourth-order valence-electron chi connectivity index (χ4n) is 2.65. The molecule has 3 unspecified atom stereocenters. The molecule has 1 aliphatic carbocycles. The van der Waals surface area contributed by atoms with E-state index in [-0.39, 0.29) is 17.9 Å². The van der Waals surface area contributed by atoms with E-state index in [9.17, 15) is 18.0 Å². The minimum Gasteiger partial charge on any atom is -0.458 e. The van der Waals surface area contributed by atoms with E-state index in [0.29, 0.717) is 17.6 Å². The summed E-state index contributed by atoms with van der Waals surface area (Å²) < 4.78 is 40.9. The standard InChI is InChI=1S/C12H17BrClF3O2/c1-10(7-19-9(18)12(15,16)17)4-3-8(5-14)11(10,2)6-13/h8H,3-7H2,1-2H3. The summed E-state index contributed by atoms with van der Waals surface area (Å²) in [6, 6.07) is 0. The summed E-state index contributed by atoms with van der Waals surface area (Å²) >= 11 is 9.34. The van der Waals surface area contributed by atoms with E-state index in [2.05, 4.69) is 20.7 Å². The Labute approximate surface area is 124 Å². The zero-order chi connectivity index (χ0) is 14.9. The average molecular weight is 366 g/mol. The maximum atomic E-state index is 12.2. The van der Waals surface area contributed by atoms with Crippen LogP contribution in [0.4, 0.5) is 13.2 Å². The van der Waals surface area contributed by atoms with Gasteiger partial charge in [-0.05, 0) is 24.2 Å². The van der Waals surface area contributed by atoms with E-state index < -0.39 is 17.6 Å². The molecule has 2 nitrogen and oxygen atoms in total. The van der Waals surface area contributed by atoms with Crippen LogP contribution in [0.3, 0.4) is 0 Å². The third kappa shape index (κ3) is 3.20.